The molecule has 36 heavy (non-hydrogen) atoms. The first kappa shape index (κ1) is 26.1. The van der Waals surface area contributed by atoms with Crippen LogP contribution < -0.4 is 19.5 Å². The van der Waals surface area contributed by atoms with E-state index in [0.29, 0.717) is 17.8 Å². The summed E-state index contributed by atoms with van der Waals surface area (Å²) in [7, 11) is 5.01. The molecule has 0 saturated heterocycles. The molecule has 1 aliphatic rings. The van der Waals surface area contributed by atoms with Crippen molar-refractivity contribution in [2.75, 3.05) is 27.9 Å². The summed E-state index contributed by atoms with van der Waals surface area (Å²) in [5.41, 5.74) is 5.00. The van der Waals surface area contributed by atoms with Gasteiger partial charge in [0.2, 0.25) is 0 Å². The second kappa shape index (κ2) is 10.2. The van der Waals surface area contributed by atoms with Gasteiger partial charge in [-0.05, 0) is 89.2 Å². The minimum Gasteiger partial charge on any atom is -0.497 e. The fraction of sp³-hybridized carbons (Fsp3) is 0.433. The van der Waals surface area contributed by atoms with Crippen molar-refractivity contribution in [1.29, 1.82) is 0 Å². The Bertz CT molecular complexity index is 1260. The highest BCUT2D eigenvalue weighted by molar-refractivity contribution is 7.17. The third kappa shape index (κ3) is 5.10. The van der Waals surface area contributed by atoms with Gasteiger partial charge in [0, 0.05) is 17.0 Å². The van der Waals surface area contributed by atoms with Crippen LogP contribution in [0.1, 0.15) is 66.9 Å². The number of hydrogen-bond acceptors (Lipinski definition) is 5. The molecule has 0 fully saturated rings. The van der Waals surface area contributed by atoms with Gasteiger partial charge in [0.15, 0.2) is 0 Å². The summed E-state index contributed by atoms with van der Waals surface area (Å²) < 4.78 is 16.6. The molecule has 1 aromatic heterocycles. The van der Waals surface area contributed by atoms with Gasteiger partial charge < -0.3 is 19.5 Å². The molecule has 0 saturated carbocycles. The second-order valence-electron chi connectivity index (χ2n) is 10.7. The van der Waals surface area contributed by atoms with E-state index in [0.717, 1.165) is 46.1 Å². The van der Waals surface area contributed by atoms with Crippen LogP contribution in [-0.2, 0) is 17.3 Å². The lowest BCUT2D eigenvalue weighted by Gasteiger charge is -2.42. The summed E-state index contributed by atoms with van der Waals surface area (Å²) in [5.74, 6) is 2.34. The molecule has 3 aromatic rings. The molecular formula is C30H37NO4S. The third-order valence-corrected chi connectivity index (χ3v) is 8.55. The van der Waals surface area contributed by atoms with Crippen molar-refractivity contribution in [3.05, 3.63) is 64.0 Å². The van der Waals surface area contributed by atoms with Gasteiger partial charge >= 0.3 is 0 Å². The summed E-state index contributed by atoms with van der Waals surface area (Å²) in [4.78, 5) is 14.7. The Morgan fingerprint density at radius 2 is 1.53 bits per heavy atom. The van der Waals surface area contributed by atoms with E-state index in [-0.39, 0.29) is 16.7 Å². The van der Waals surface area contributed by atoms with Crippen molar-refractivity contribution in [2.45, 2.75) is 57.8 Å². The molecule has 0 unspecified atom stereocenters. The molecule has 0 spiro atoms. The van der Waals surface area contributed by atoms with E-state index < -0.39 is 0 Å². The van der Waals surface area contributed by atoms with Gasteiger partial charge in [0.05, 0.1) is 26.2 Å². The maximum Gasteiger partial charge on any atom is 0.261 e. The molecule has 192 valence electrons. The van der Waals surface area contributed by atoms with E-state index in [2.05, 4.69) is 45.1 Å². The number of fused-ring (bicyclic) bond motifs is 1. The number of ether oxygens (including phenoxy) is 3. The van der Waals surface area contributed by atoms with Crippen molar-refractivity contribution >= 4 is 17.2 Å². The average Bonchev–Trinajstić information content (AvgIpc) is 3.36. The molecular weight excluding hydrogens is 470 g/mol. The lowest BCUT2D eigenvalue weighted by molar-refractivity contribution is 0.0958. The number of benzene rings is 2. The van der Waals surface area contributed by atoms with Gasteiger partial charge in [-0.2, -0.15) is 0 Å². The summed E-state index contributed by atoms with van der Waals surface area (Å²) in [6.45, 7) is 9.77. The first-order valence-corrected chi connectivity index (χ1v) is 13.2. The highest BCUT2D eigenvalue weighted by Gasteiger charge is 2.38. The molecule has 0 bridgehead atoms. The van der Waals surface area contributed by atoms with Crippen LogP contribution in [0.2, 0.25) is 0 Å². The zero-order valence-corrected chi connectivity index (χ0v) is 23.2. The maximum atomic E-state index is 12.9. The number of rotatable bonds is 8. The smallest absolute Gasteiger partial charge is 0.261 e. The van der Waals surface area contributed by atoms with Gasteiger partial charge in [0.25, 0.3) is 5.91 Å². The van der Waals surface area contributed by atoms with Crippen molar-refractivity contribution in [3.8, 4) is 27.7 Å². The molecule has 1 amide bonds. The molecule has 1 N–H and O–H groups in total. The molecule has 0 atom stereocenters. The number of hydrogen-bond donors (Lipinski definition) is 1. The maximum absolute atomic E-state index is 12.9. The van der Waals surface area contributed by atoms with Crippen LogP contribution in [-0.4, -0.2) is 33.8 Å². The first-order valence-electron chi connectivity index (χ1n) is 12.4. The van der Waals surface area contributed by atoms with Crippen LogP contribution in [0, 0.1) is 0 Å². The van der Waals surface area contributed by atoms with E-state index in [4.69, 9.17) is 14.2 Å². The number of carbonyl (C=O) groups is 1. The largest absolute Gasteiger partial charge is 0.497 e. The van der Waals surface area contributed by atoms with Gasteiger partial charge in [-0.25, -0.2) is 0 Å². The number of nitrogens with one attached hydrogen (secondary N) is 1. The van der Waals surface area contributed by atoms with Crippen LogP contribution in [0.5, 0.6) is 17.2 Å². The Hall–Kier alpha value is -2.99. The summed E-state index contributed by atoms with van der Waals surface area (Å²) >= 11 is 1.50. The topological polar surface area (TPSA) is 56.8 Å². The lowest BCUT2D eigenvalue weighted by atomic mass is 9.63. The minimum absolute atomic E-state index is 0.0773. The summed E-state index contributed by atoms with van der Waals surface area (Å²) in [5, 5.41) is 3.05. The zero-order valence-electron chi connectivity index (χ0n) is 22.4. The van der Waals surface area contributed by atoms with Gasteiger partial charge in [0.1, 0.15) is 17.2 Å². The fourth-order valence-electron chi connectivity index (χ4n) is 5.04. The van der Waals surface area contributed by atoms with Crippen LogP contribution in [0.4, 0.5) is 0 Å². The standard InChI is InChI=1S/C30H37NO4S/c1-29(2)13-14-30(3,4)23-18-25(35-7)21(17-22(23)29)26-10-11-27(36-26)28(32)31-15-12-19-16-20(33-5)8-9-24(19)34-6/h8-11,16-18H,12-15H2,1-7H3,(H,31,32). The van der Waals surface area contributed by atoms with Crippen molar-refractivity contribution in [2.24, 2.45) is 0 Å². The van der Waals surface area contributed by atoms with Crippen molar-refractivity contribution in [3.63, 3.8) is 0 Å². The Kier molecular flexibility index (Phi) is 7.37. The quantitative estimate of drug-likeness (QED) is 0.366. The Morgan fingerprint density at radius 1 is 0.861 bits per heavy atom. The minimum atomic E-state index is -0.0773. The molecule has 0 aliphatic heterocycles. The van der Waals surface area contributed by atoms with Crippen molar-refractivity contribution < 1.29 is 19.0 Å². The fourth-order valence-corrected chi connectivity index (χ4v) is 5.98. The number of amides is 1. The predicted molar refractivity (Wildman–Crippen MR) is 147 cm³/mol. The normalized spacial score (nSPS) is 15.6. The zero-order chi connectivity index (χ0) is 26.1. The molecule has 5 nitrogen and oxygen atoms in total. The van der Waals surface area contributed by atoms with Crippen LogP contribution in [0.15, 0.2) is 42.5 Å². The Balaban J connectivity index is 1.53. The van der Waals surface area contributed by atoms with E-state index >= 15 is 0 Å². The molecule has 1 heterocycles. The van der Waals surface area contributed by atoms with E-state index in [1.165, 1.54) is 22.5 Å². The highest BCUT2D eigenvalue weighted by atomic mass is 32.1. The van der Waals surface area contributed by atoms with Crippen LogP contribution >= 0.6 is 11.3 Å². The van der Waals surface area contributed by atoms with E-state index in [1.54, 1.807) is 21.3 Å². The van der Waals surface area contributed by atoms with Crippen LogP contribution in [0.25, 0.3) is 10.4 Å². The van der Waals surface area contributed by atoms with Gasteiger partial charge in [-0.15, -0.1) is 11.3 Å². The lowest BCUT2D eigenvalue weighted by Crippen LogP contribution is -2.33. The van der Waals surface area contributed by atoms with E-state index in [9.17, 15) is 4.79 Å². The summed E-state index contributed by atoms with van der Waals surface area (Å²) in [6, 6.07) is 14.1. The molecule has 0 radical (unpaired) electrons. The third-order valence-electron chi connectivity index (χ3n) is 7.44. The Labute approximate surface area is 218 Å². The molecule has 6 heteroatoms. The average molecular weight is 508 g/mol. The molecule has 1 aliphatic carbocycles. The number of thiophene rings is 1. The highest BCUT2D eigenvalue weighted by Crippen LogP contribution is 2.49. The van der Waals surface area contributed by atoms with Gasteiger partial charge in [-0.1, -0.05) is 27.7 Å². The predicted octanol–water partition coefficient (Wildman–Crippen LogP) is 6.76. The second-order valence-corrected chi connectivity index (χ2v) is 11.8. The molecule has 4 rings (SSSR count). The number of carbonyl (C=O) groups excluding carboxylic acids is 1. The first-order chi connectivity index (χ1) is 17.1. The summed E-state index contributed by atoms with van der Waals surface area (Å²) in [6.07, 6.45) is 2.95. The number of methoxy groups -OCH3 is 3. The van der Waals surface area contributed by atoms with E-state index in [1.807, 2.05) is 30.3 Å². The van der Waals surface area contributed by atoms with Gasteiger partial charge in [-0.3, -0.25) is 4.79 Å². The monoisotopic (exact) mass is 507 g/mol. The SMILES string of the molecule is COc1ccc(OC)c(CCNC(=O)c2ccc(-c3cc4c(cc3OC)C(C)(C)CCC4(C)C)s2)c1. The Morgan fingerprint density at radius 3 is 2.17 bits per heavy atom. The van der Waals surface area contributed by atoms with Crippen molar-refractivity contribution in [1.82, 2.24) is 5.32 Å². The van der Waals surface area contributed by atoms with Crippen LogP contribution in [0.3, 0.4) is 0 Å². The molecule has 2 aromatic carbocycles.